The van der Waals surface area contributed by atoms with Gasteiger partial charge in [0, 0.05) is 6.07 Å². The summed E-state index contributed by atoms with van der Waals surface area (Å²) in [5.41, 5.74) is 0.535. The van der Waals surface area contributed by atoms with Crippen molar-refractivity contribution in [2.75, 3.05) is 5.32 Å². The first-order chi connectivity index (χ1) is 9.58. The highest BCUT2D eigenvalue weighted by atomic mass is 16.5. The van der Waals surface area contributed by atoms with Crippen molar-refractivity contribution >= 4 is 11.7 Å². The van der Waals surface area contributed by atoms with Crippen LogP contribution in [-0.4, -0.2) is 17.2 Å². The molecule has 0 aliphatic heterocycles. The zero-order chi connectivity index (χ0) is 14.5. The lowest BCUT2D eigenvalue weighted by Gasteiger charge is -2.13. The van der Waals surface area contributed by atoms with E-state index in [0.29, 0.717) is 22.9 Å². The van der Waals surface area contributed by atoms with Crippen LogP contribution >= 0.6 is 0 Å². The average Bonchev–Trinajstić information content (AvgIpc) is 2.85. The molecule has 1 aromatic carbocycles. The molecule has 0 saturated carbocycles. The maximum Gasteiger partial charge on any atom is 0.266 e. The minimum Gasteiger partial charge on any atom is -0.481 e. The predicted molar refractivity (Wildman–Crippen MR) is 71.1 cm³/mol. The van der Waals surface area contributed by atoms with E-state index in [4.69, 9.17) is 14.5 Å². The number of hydrogen-bond donors (Lipinski definition) is 1. The largest absolute Gasteiger partial charge is 0.481 e. The number of nitrogens with one attached hydrogen (secondary N) is 1. The molecular weight excluding hydrogens is 258 g/mol. The van der Waals surface area contributed by atoms with Gasteiger partial charge in [0.05, 0.1) is 11.6 Å². The molecule has 1 heterocycles. The normalized spacial score (nSPS) is 11.4. The number of amides is 1. The van der Waals surface area contributed by atoms with Gasteiger partial charge in [-0.15, -0.1) is 0 Å². The Bertz CT molecular complexity index is 640. The fraction of sp³-hybridized carbons (Fsp3) is 0.214. The topological polar surface area (TPSA) is 88.1 Å². The van der Waals surface area contributed by atoms with Crippen LogP contribution in [0.3, 0.4) is 0 Å². The Morgan fingerprint density at radius 3 is 2.70 bits per heavy atom. The summed E-state index contributed by atoms with van der Waals surface area (Å²) in [4.78, 5) is 11.9. The third kappa shape index (κ3) is 3.36. The second-order valence-electron chi connectivity index (χ2n) is 4.21. The van der Waals surface area contributed by atoms with Crippen molar-refractivity contribution in [1.29, 1.82) is 5.26 Å². The number of hydrogen-bond acceptors (Lipinski definition) is 5. The maximum absolute atomic E-state index is 11.9. The molecule has 2 aromatic rings. The fourth-order valence-electron chi connectivity index (χ4n) is 1.52. The number of nitriles is 1. The summed E-state index contributed by atoms with van der Waals surface area (Å²) >= 11 is 0. The molecular formula is C14H13N3O3. The van der Waals surface area contributed by atoms with Gasteiger partial charge >= 0.3 is 0 Å². The summed E-state index contributed by atoms with van der Waals surface area (Å²) in [6.45, 7) is 3.36. The third-order valence-corrected chi connectivity index (χ3v) is 2.54. The average molecular weight is 271 g/mol. The van der Waals surface area contributed by atoms with Gasteiger partial charge in [0.25, 0.3) is 5.91 Å². The highest BCUT2D eigenvalue weighted by molar-refractivity contribution is 5.93. The molecule has 6 nitrogen and oxygen atoms in total. The number of ether oxygens (including phenoxy) is 1. The molecule has 1 amide bonds. The number of carbonyl (C=O) groups is 1. The van der Waals surface area contributed by atoms with Gasteiger partial charge in [-0.05, 0) is 38.1 Å². The predicted octanol–water partition coefficient (Wildman–Crippen LogP) is 2.26. The number of benzene rings is 1. The Labute approximate surface area is 115 Å². The molecule has 2 rings (SSSR count). The van der Waals surface area contributed by atoms with Crippen LogP contribution in [0.25, 0.3) is 0 Å². The first kappa shape index (κ1) is 13.6. The van der Waals surface area contributed by atoms with Crippen LogP contribution in [0.1, 0.15) is 18.2 Å². The number of carbonyl (C=O) groups excluding carboxylic acids is 1. The monoisotopic (exact) mass is 271 g/mol. The smallest absolute Gasteiger partial charge is 0.266 e. The molecule has 0 aliphatic carbocycles. The van der Waals surface area contributed by atoms with E-state index in [0.717, 1.165) is 0 Å². The van der Waals surface area contributed by atoms with E-state index >= 15 is 0 Å². The van der Waals surface area contributed by atoms with Crippen molar-refractivity contribution in [1.82, 2.24) is 5.16 Å². The Morgan fingerprint density at radius 1 is 1.45 bits per heavy atom. The molecule has 102 valence electrons. The van der Waals surface area contributed by atoms with Crippen molar-refractivity contribution in [3.8, 4) is 11.8 Å². The van der Waals surface area contributed by atoms with Gasteiger partial charge in [-0.2, -0.15) is 5.26 Å². The molecule has 6 heteroatoms. The van der Waals surface area contributed by atoms with Crippen LogP contribution in [-0.2, 0) is 4.79 Å². The van der Waals surface area contributed by atoms with E-state index in [1.165, 1.54) is 0 Å². The highest BCUT2D eigenvalue weighted by Gasteiger charge is 2.16. The van der Waals surface area contributed by atoms with E-state index in [1.807, 2.05) is 6.07 Å². The van der Waals surface area contributed by atoms with E-state index in [2.05, 4.69) is 10.5 Å². The second-order valence-corrected chi connectivity index (χ2v) is 4.21. The fourth-order valence-corrected chi connectivity index (χ4v) is 1.52. The standard InChI is InChI=1S/C14H13N3O3/c1-9-7-13(17-20-9)16-14(18)10(2)19-12-5-3-11(8-15)4-6-12/h3-7,10H,1-2H3,(H,16,17,18). The van der Waals surface area contributed by atoms with E-state index in [1.54, 1.807) is 44.2 Å². The lowest BCUT2D eigenvalue weighted by atomic mass is 10.2. The van der Waals surface area contributed by atoms with Crippen molar-refractivity contribution in [3.63, 3.8) is 0 Å². The molecule has 0 aliphatic rings. The van der Waals surface area contributed by atoms with Crippen LogP contribution < -0.4 is 10.1 Å². The minimum absolute atomic E-state index is 0.331. The summed E-state index contributed by atoms with van der Waals surface area (Å²) in [5, 5.41) is 14.9. The van der Waals surface area contributed by atoms with Crippen molar-refractivity contribution in [2.45, 2.75) is 20.0 Å². The zero-order valence-corrected chi connectivity index (χ0v) is 11.1. The number of nitrogens with zero attached hydrogens (tertiary/aromatic N) is 2. The molecule has 20 heavy (non-hydrogen) atoms. The molecule has 1 aromatic heterocycles. The summed E-state index contributed by atoms with van der Waals surface area (Å²) in [5.74, 6) is 1.15. The van der Waals surface area contributed by atoms with Gasteiger partial charge in [-0.1, -0.05) is 5.16 Å². The third-order valence-electron chi connectivity index (χ3n) is 2.54. The van der Waals surface area contributed by atoms with E-state index in [-0.39, 0.29) is 5.91 Å². The van der Waals surface area contributed by atoms with Gasteiger partial charge in [0.2, 0.25) is 0 Å². The SMILES string of the molecule is Cc1cc(NC(=O)C(C)Oc2ccc(C#N)cc2)no1. The molecule has 1 unspecified atom stereocenters. The summed E-state index contributed by atoms with van der Waals surface area (Å²) in [7, 11) is 0. The lowest BCUT2D eigenvalue weighted by Crippen LogP contribution is -2.30. The minimum atomic E-state index is -0.694. The lowest BCUT2D eigenvalue weighted by molar-refractivity contribution is -0.122. The molecule has 0 saturated heterocycles. The maximum atomic E-state index is 11.9. The molecule has 1 N–H and O–H groups in total. The Morgan fingerprint density at radius 2 is 2.15 bits per heavy atom. The van der Waals surface area contributed by atoms with Crippen LogP contribution in [0.15, 0.2) is 34.9 Å². The first-order valence-electron chi connectivity index (χ1n) is 5.99. The molecule has 0 bridgehead atoms. The van der Waals surface area contributed by atoms with Crippen molar-refractivity contribution in [3.05, 3.63) is 41.7 Å². The van der Waals surface area contributed by atoms with Gasteiger partial charge < -0.3 is 14.6 Å². The van der Waals surface area contributed by atoms with Gasteiger partial charge in [-0.25, -0.2) is 0 Å². The second kappa shape index (κ2) is 5.89. The molecule has 0 radical (unpaired) electrons. The summed E-state index contributed by atoms with van der Waals surface area (Å²) < 4.78 is 10.3. The van der Waals surface area contributed by atoms with Crippen LogP contribution in [0.5, 0.6) is 5.75 Å². The van der Waals surface area contributed by atoms with Gasteiger partial charge in [-0.3, -0.25) is 4.79 Å². The number of anilines is 1. The Hall–Kier alpha value is -2.81. The Kier molecular flexibility index (Phi) is 4.01. The van der Waals surface area contributed by atoms with Crippen LogP contribution in [0, 0.1) is 18.3 Å². The molecule has 0 spiro atoms. The summed E-state index contributed by atoms with van der Waals surface area (Å²) in [6.07, 6.45) is -0.694. The number of aromatic nitrogens is 1. The highest BCUT2D eigenvalue weighted by Crippen LogP contribution is 2.14. The first-order valence-corrected chi connectivity index (χ1v) is 5.99. The summed E-state index contributed by atoms with van der Waals surface area (Å²) in [6, 6.07) is 10.2. The quantitative estimate of drug-likeness (QED) is 0.921. The van der Waals surface area contributed by atoms with Gasteiger partial charge in [0.15, 0.2) is 11.9 Å². The molecule has 0 fully saturated rings. The van der Waals surface area contributed by atoms with Crippen molar-refractivity contribution < 1.29 is 14.1 Å². The van der Waals surface area contributed by atoms with Gasteiger partial charge in [0.1, 0.15) is 11.5 Å². The number of aryl methyl sites for hydroxylation is 1. The van der Waals surface area contributed by atoms with Crippen molar-refractivity contribution in [2.24, 2.45) is 0 Å². The molecule has 1 atom stereocenters. The number of rotatable bonds is 4. The van der Waals surface area contributed by atoms with E-state index in [9.17, 15) is 4.79 Å². The van der Waals surface area contributed by atoms with Crippen LogP contribution in [0.2, 0.25) is 0 Å². The zero-order valence-electron chi connectivity index (χ0n) is 11.1. The van der Waals surface area contributed by atoms with E-state index < -0.39 is 6.10 Å². The van der Waals surface area contributed by atoms with Crippen LogP contribution in [0.4, 0.5) is 5.82 Å². The Balaban J connectivity index is 1.95.